The fourth-order valence-corrected chi connectivity index (χ4v) is 2.44. The zero-order valence-electron chi connectivity index (χ0n) is 6.31. The molecule has 0 rings (SSSR count). The maximum absolute atomic E-state index is 2.18. The Kier molecular flexibility index (Phi) is 6.88. The van der Waals surface area contributed by atoms with Gasteiger partial charge in [-0.15, -0.1) is 23.5 Å². The maximum Gasteiger partial charge on any atom is 0.0357 e. The van der Waals surface area contributed by atoms with E-state index in [1.807, 2.05) is 23.5 Å². The first-order chi connectivity index (χ1) is 4.35. The van der Waals surface area contributed by atoms with Crippen LogP contribution in [-0.4, -0.2) is 11.5 Å². The largest absolute Gasteiger partial charge is 0.120 e. The van der Waals surface area contributed by atoms with Gasteiger partial charge in [-0.05, 0) is 18.4 Å². The van der Waals surface area contributed by atoms with E-state index in [2.05, 4.69) is 26.8 Å². The first-order valence-electron chi connectivity index (χ1n) is 3.27. The average Bonchev–Trinajstić information content (AvgIpc) is 1.88. The van der Waals surface area contributed by atoms with Crippen LogP contribution >= 0.6 is 23.5 Å². The van der Waals surface area contributed by atoms with Crippen molar-refractivity contribution in [2.24, 2.45) is 0 Å². The summed E-state index contributed by atoms with van der Waals surface area (Å²) in [5.74, 6) is 2.37. The Balaban J connectivity index is 3.43. The molecule has 0 heterocycles. The molecule has 0 nitrogen and oxygen atoms in total. The third kappa shape index (κ3) is 4.91. The van der Waals surface area contributed by atoms with E-state index >= 15 is 0 Å². The van der Waals surface area contributed by atoms with Crippen LogP contribution in [0.1, 0.15) is 20.8 Å². The summed E-state index contributed by atoms with van der Waals surface area (Å²) >= 11 is 3.85. The summed E-state index contributed by atoms with van der Waals surface area (Å²) in [4.78, 5) is 0. The third-order valence-electron chi connectivity index (χ3n) is 0.809. The third-order valence-corrected chi connectivity index (χ3v) is 3.13. The molecule has 0 unspecified atom stereocenters. The van der Waals surface area contributed by atoms with Gasteiger partial charge in [-0.1, -0.05) is 19.9 Å². The fourth-order valence-electron chi connectivity index (χ4n) is 0.493. The molecule has 2 heteroatoms. The monoisotopic (exact) mass is 162 g/mol. The van der Waals surface area contributed by atoms with E-state index < -0.39 is 0 Å². The van der Waals surface area contributed by atoms with E-state index in [1.54, 1.807) is 0 Å². The van der Waals surface area contributed by atoms with Crippen LogP contribution in [0.5, 0.6) is 0 Å². The van der Waals surface area contributed by atoms with Gasteiger partial charge in [0.2, 0.25) is 0 Å². The molecule has 0 aliphatic carbocycles. The van der Waals surface area contributed by atoms with Crippen LogP contribution in [0.4, 0.5) is 0 Å². The van der Waals surface area contributed by atoms with E-state index in [9.17, 15) is 0 Å². The molecule has 9 heavy (non-hydrogen) atoms. The van der Waals surface area contributed by atoms with E-state index in [1.165, 1.54) is 15.7 Å². The van der Waals surface area contributed by atoms with E-state index in [0.717, 1.165) is 0 Å². The zero-order chi connectivity index (χ0) is 7.11. The van der Waals surface area contributed by atoms with Crippen LogP contribution in [0, 0.1) is 0 Å². The van der Waals surface area contributed by atoms with Crippen molar-refractivity contribution in [2.45, 2.75) is 20.8 Å². The molecule has 0 aliphatic rings. The van der Waals surface area contributed by atoms with Crippen molar-refractivity contribution in [2.75, 3.05) is 11.5 Å². The smallest absolute Gasteiger partial charge is 0.0357 e. The van der Waals surface area contributed by atoms with Crippen LogP contribution in [0.25, 0.3) is 0 Å². The molecule has 0 radical (unpaired) electrons. The van der Waals surface area contributed by atoms with Crippen molar-refractivity contribution < 1.29 is 0 Å². The molecule has 0 bridgehead atoms. The average molecular weight is 162 g/mol. The molecule has 0 aromatic heterocycles. The van der Waals surface area contributed by atoms with E-state index in [4.69, 9.17) is 0 Å². The number of hydrogen-bond donors (Lipinski definition) is 0. The maximum atomic E-state index is 2.18. The Hall–Kier alpha value is 0.440. The fraction of sp³-hybridized carbons (Fsp3) is 0.714. The van der Waals surface area contributed by atoms with Crippen molar-refractivity contribution in [3.8, 4) is 0 Å². The lowest BCUT2D eigenvalue weighted by molar-refractivity contribution is 1.52. The molecular formula is C7H14S2. The van der Waals surface area contributed by atoms with Gasteiger partial charge in [-0.3, -0.25) is 0 Å². The standard InChI is InChI=1S/C7H14S2/c1-4-7(8-5-2)9-6-3/h4H,5-6H2,1-3H3. The lowest BCUT2D eigenvalue weighted by Crippen LogP contribution is -1.71. The van der Waals surface area contributed by atoms with Crippen LogP contribution < -0.4 is 0 Å². The highest BCUT2D eigenvalue weighted by atomic mass is 32.2. The first kappa shape index (κ1) is 9.44. The Morgan fingerprint density at radius 1 is 1.22 bits per heavy atom. The van der Waals surface area contributed by atoms with Crippen LogP contribution in [0.2, 0.25) is 0 Å². The topological polar surface area (TPSA) is 0 Å². The Morgan fingerprint density at radius 3 is 1.89 bits per heavy atom. The summed E-state index contributed by atoms with van der Waals surface area (Å²) in [6.07, 6.45) is 2.18. The van der Waals surface area contributed by atoms with Crippen molar-refractivity contribution >= 4 is 23.5 Å². The highest BCUT2D eigenvalue weighted by molar-refractivity contribution is 8.22. The van der Waals surface area contributed by atoms with Crippen molar-refractivity contribution in [1.29, 1.82) is 0 Å². The van der Waals surface area contributed by atoms with Crippen molar-refractivity contribution in [3.05, 3.63) is 10.3 Å². The molecular weight excluding hydrogens is 148 g/mol. The van der Waals surface area contributed by atoms with Crippen molar-refractivity contribution in [1.82, 2.24) is 0 Å². The molecule has 0 fully saturated rings. The lowest BCUT2D eigenvalue weighted by Gasteiger charge is -1.99. The molecule has 0 spiro atoms. The van der Waals surface area contributed by atoms with Gasteiger partial charge < -0.3 is 0 Å². The molecule has 0 N–H and O–H groups in total. The summed E-state index contributed by atoms with van der Waals surface area (Å²) in [5, 5.41) is 0. The summed E-state index contributed by atoms with van der Waals surface area (Å²) in [7, 11) is 0. The van der Waals surface area contributed by atoms with Gasteiger partial charge in [0, 0.05) is 4.24 Å². The number of thioether (sulfide) groups is 2. The number of hydrogen-bond acceptors (Lipinski definition) is 2. The molecule has 0 saturated heterocycles. The van der Waals surface area contributed by atoms with Gasteiger partial charge >= 0.3 is 0 Å². The minimum Gasteiger partial charge on any atom is -0.120 e. The first-order valence-corrected chi connectivity index (χ1v) is 5.24. The normalized spacial score (nSPS) is 9.22. The summed E-state index contributed by atoms with van der Waals surface area (Å²) in [6.45, 7) is 6.47. The van der Waals surface area contributed by atoms with E-state index in [-0.39, 0.29) is 0 Å². The van der Waals surface area contributed by atoms with Gasteiger partial charge in [-0.2, -0.15) is 0 Å². The zero-order valence-corrected chi connectivity index (χ0v) is 7.94. The van der Waals surface area contributed by atoms with Gasteiger partial charge in [0.05, 0.1) is 0 Å². The second-order valence-corrected chi connectivity index (χ2v) is 4.34. The van der Waals surface area contributed by atoms with Crippen LogP contribution in [-0.2, 0) is 0 Å². The van der Waals surface area contributed by atoms with Crippen LogP contribution in [0.3, 0.4) is 0 Å². The van der Waals surface area contributed by atoms with Gasteiger partial charge in [0.1, 0.15) is 0 Å². The minimum atomic E-state index is 1.19. The predicted octanol–water partition coefficient (Wildman–Crippen LogP) is 3.35. The highest BCUT2D eigenvalue weighted by Crippen LogP contribution is 2.27. The SMILES string of the molecule is CC=C(SCC)SCC. The van der Waals surface area contributed by atoms with Crippen molar-refractivity contribution in [3.63, 3.8) is 0 Å². The van der Waals surface area contributed by atoms with Gasteiger partial charge in [0.15, 0.2) is 0 Å². The number of rotatable bonds is 4. The molecule has 0 amide bonds. The Labute approximate surface area is 66.5 Å². The molecule has 0 aromatic rings. The second-order valence-electron chi connectivity index (χ2n) is 1.47. The summed E-state index contributed by atoms with van der Waals surface area (Å²) in [5.41, 5.74) is 0. The lowest BCUT2D eigenvalue weighted by atomic mass is 10.8. The molecule has 0 atom stereocenters. The summed E-state index contributed by atoms with van der Waals surface area (Å²) in [6, 6.07) is 0. The predicted molar refractivity (Wildman–Crippen MR) is 50.0 cm³/mol. The minimum absolute atomic E-state index is 1.19. The highest BCUT2D eigenvalue weighted by Gasteiger charge is 1.91. The quantitative estimate of drug-likeness (QED) is 0.621. The second kappa shape index (κ2) is 6.56. The Bertz CT molecular complexity index is 78.9. The van der Waals surface area contributed by atoms with Gasteiger partial charge in [-0.25, -0.2) is 0 Å². The molecule has 0 aromatic carbocycles. The molecule has 54 valence electrons. The van der Waals surface area contributed by atoms with Gasteiger partial charge in [0.25, 0.3) is 0 Å². The summed E-state index contributed by atoms with van der Waals surface area (Å²) < 4.78 is 1.46. The molecule has 0 saturated carbocycles. The Morgan fingerprint density at radius 2 is 1.67 bits per heavy atom. The number of allylic oxidation sites excluding steroid dienone is 1. The molecule has 0 aliphatic heterocycles. The van der Waals surface area contributed by atoms with E-state index in [0.29, 0.717) is 0 Å². The van der Waals surface area contributed by atoms with Crippen LogP contribution in [0.15, 0.2) is 10.3 Å².